The van der Waals surface area contributed by atoms with Gasteiger partial charge in [-0.05, 0) is 18.8 Å². The highest BCUT2D eigenvalue weighted by molar-refractivity contribution is 6.32. The Hall–Kier alpha value is -1.03. The van der Waals surface area contributed by atoms with Crippen molar-refractivity contribution in [2.24, 2.45) is 5.92 Å². The molecule has 1 N–H and O–H groups in total. The molecule has 0 aliphatic rings. The van der Waals surface area contributed by atoms with Gasteiger partial charge in [-0.1, -0.05) is 25.4 Å². The van der Waals surface area contributed by atoms with Gasteiger partial charge in [-0.15, -0.1) is 0 Å². The molecule has 16 heavy (non-hydrogen) atoms. The highest BCUT2D eigenvalue weighted by Crippen LogP contribution is 2.20. The summed E-state index contributed by atoms with van der Waals surface area (Å²) in [5, 5.41) is 3.70. The molecule has 1 aromatic rings. The van der Waals surface area contributed by atoms with Crippen molar-refractivity contribution in [1.29, 1.82) is 0 Å². The molecule has 1 heterocycles. The Morgan fingerprint density at radius 1 is 1.50 bits per heavy atom. The van der Waals surface area contributed by atoms with Crippen molar-refractivity contribution in [3.8, 4) is 6.01 Å². The van der Waals surface area contributed by atoms with Crippen LogP contribution in [0.3, 0.4) is 0 Å². The topological polar surface area (TPSA) is 47.0 Å². The van der Waals surface area contributed by atoms with Crippen LogP contribution in [-0.2, 0) is 0 Å². The van der Waals surface area contributed by atoms with Crippen LogP contribution in [0.2, 0.25) is 5.02 Å². The summed E-state index contributed by atoms with van der Waals surface area (Å²) in [7, 11) is 1.53. The average Bonchev–Trinajstić information content (AvgIpc) is 2.26. The van der Waals surface area contributed by atoms with Gasteiger partial charge in [0.05, 0.1) is 13.3 Å². The predicted octanol–water partition coefficient (Wildman–Crippen LogP) is 2.99. The highest BCUT2D eigenvalue weighted by Gasteiger charge is 2.04. The van der Waals surface area contributed by atoms with Crippen LogP contribution in [-0.4, -0.2) is 23.6 Å². The van der Waals surface area contributed by atoms with Crippen molar-refractivity contribution in [1.82, 2.24) is 9.97 Å². The fourth-order valence-corrected chi connectivity index (χ4v) is 1.45. The molecule has 0 radical (unpaired) electrons. The number of rotatable bonds is 6. The van der Waals surface area contributed by atoms with Crippen molar-refractivity contribution in [3.05, 3.63) is 11.2 Å². The normalized spacial score (nSPS) is 10.6. The average molecular weight is 244 g/mol. The molecule has 0 saturated carbocycles. The minimum absolute atomic E-state index is 0.329. The van der Waals surface area contributed by atoms with Crippen molar-refractivity contribution >= 4 is 17.4 Å². The van der Waals surface area contributed by atoms with Crippen molar-refractivity contribution < 1.29 is 4.74 Å². The zero-order valence-corrected chi connectivity index (χ0v) is 10.7. The molecule has 0 amide bonds. The Labute approximate surface area is 101 Å². The third-order valence-electron chi connectivity index (χ3n) is 2.16. The summed E-state index contributed by atoms with van der Waals surface area (Å²) in [6.07, 6.45) is 3.82. The SMILES string of the molecule is COc1ncc(Cl)c(NCCCC(C)C)n1. The number of hydrogen-bond donors (Lipinski definition) is 1. The fraction of sp³-hybridized carbons (Fsp3) is 0.636. The molecule has 5 heteroatoms. The smallest absolute Gasteiger partial charge is 0.318 e. The van der Waals surface area contributed by atoms with E-state index in [1.165, 1.54) is 19.7 Å². The van der Waals surface area contributed by atoms with Crippen LogP contribution in [0.1, 0.15) is 26.7 Å². The maximum atomic E-state index is 5.95. The molecule has 0 aromatic carbocycles. The molecule has 0 aliphatic heterocycles. The number of halogens is 1. The third kappa shape index (κ3) is 4.23. The Morgan fingerprint density at radius 2 is 2.25 bits per heavy atom. The van der Waals surface area contributed by atoms with E-state index >= 15 is 0 Å². The second-order valence-electron chi connectivity index (χ2n) is 4.02. The lowest BCUT2D eigenvalue weighted by Crippen LogP contribution is -2.06. The van der Waals surface area contributed by atoms with Crippen LogP contribution in [0.4, 0.5) is 5.82 Å². The van der Waals surface area contributed by atoms with Gasteiger partial charge in [0, 0.05) is 6.54 Å². The summed E-state index contributed by atoms with van der Waals surface area (Å²) in [5.41, 5.74) is 0. The Morgan fingerprint density at radius 3 is 2.88 bits per heavy atom. The lowest BCUT2D eigenvalue weighted by atomic mass is 10.1. The van der Waals surface area contributed by atoms with E-state index in [1.807, 2.05) is 0 Å². The number of anilines is 1. The Balaban J connectivity index is 2.46. The first-order valence-electron chi connectivity index (χ1n) is 5.44. The molecular weight excluding hydrogens is 226 g/mol. The van der Waals surface area contributed by atoms with E-state index in [0.29, 0.717) is 16.9 Å². The zero-order chi connectivity index (χ0) is 12.0. The maximum absolute atomic E-state index is 5.95. The van der Waals surface area contributed by atoms with Crippen LogP contribution in [0.25, 0.3) is 0 Å². The number of nitrogens with one attached hydrogen (secondary N) is 1. The molecule has 1 rings (SSSR count). The summed E-state index contributed by atoms with van der Waals surface area (Å²) in [6.45, 7) is 5.28. The van der Waals surface area contributed by atoms with Gasteiger partial charge in [0.25, 0.3) is 0 Å². The van der Waals surface area contributed by atoms with Gasteiger partial charge in [0.15, 0.2) is 5.82 Å². The first-order valence-corrected chi connectivity index (χ1v) is 5.81. The van der Waals surface area contributed by atoms with E-state index in [-0.39, 0.29) is 0 Å². The summed E-state index contributed by atoms with van der Waals surface area (Å²) >= 11 is 5.95. The molecular formula is C11H18ClN3O. The molecule has 0 aliphatic carbocycles. The van der Waals surface area contributed by atoms with Gasteiger partial charge in [-0.25, -0.2) is 4.98 Å². The molecule has 0 spiro atoms. The van der Waals surface area contributed by atoms with E-state index in [0.717, 1.165) is 18.9 Å². The first-order chi connectivity index (χ1) is 7.63. The predicted molar refractivity (Wildman–Crippen MR) is 66.2 cm³/mol. The summed E-state index contributed by atoms with van der Waals surface area (Å²) in [4.78, 5) is 8.04. The van der Waals surface area contributed by atoms with Gasteiger partial charge < -0.3 is 10.1 Å². The fourth-order valence-electron chi connectivity index (χ4n) is 1.29. The monoisotopic (exact) mass is 243 g/mol. The molecule has 0 unspecified atom stereocenters. The summed E-state index contributed by atoms with van der Waals surface area (Å²) in [6, 6.07) is 0.329. The highest BCUT2D eigenvalue weighted by atomic mass is 35.5. The molecule has 0 atom stereocenters. The van der Waals surface area contributed by atoms with Gasteiger partial charge in [0.1, 0.15) is 5.02 Å². The summed E-state index contributed by atoms with van der Waals surface area (Å²) < 4.78 is 4.93. The van der Waals surface area contributed by atoms with Crippen LogP contribution < -0.4 is 10.1 Å². The quantitative estimate of drug-likeness (QED) is 0.781. The van der Waals surface area contributed by atoms with Crippen molar-refractivity contribution in [3.63, 3.8) is 0 Å². The van der Waals surface area contributed by atoms with E-state index in [1.54, 1.807) is 0 Å². The number of ether oxygens (including phenoxy) is 1. The van der Waals surface area contributed by atoms with Crippen LogP contribution in [0, 0.1) is 5.92 Å². The van der Waals surface area contributed by atoms with E-state index in [9.17, 15) is 0 Å². The van der Waals surface area contributed by atoms with Gasteiger partial charge in [0.2, 0.25) is 0 Å². The molecule has 1 aromatic heterocycles. The minimum atomic E-state index is 0.329. The van der Waals surface area contributed by atoms with E-state index in [4.69, 9.17) is 16.3 Å². The molecule has 4 nitrogen and oxygen atoms in total. The van der Waals surface area contributed by atoms with E-state index in [2.05, 4.69) is 29.1 Å². The van der Waals surface area contributed by atoms with Gasteiger partial charge in [-0.2, -0.15) is 4.98 Å². The zero-order valence-electron chi connectivity index (χ0n) is 9.96. The van der Waals surface area contributed by atoms with Crippen molar-refractivity contribution in [2.75, 3.05) is 19.0 Å². The van der Waals surface area contributed by atoms with Crippen LogP contribution >= 0.6 is 11.6 Å². The molecule has 0 saturated heterocycles. The molecule has 90 valence electrons. The van der Waals surface area contributed by atoms with Crippen LogP contribution in [0.15, 0.2) is 6.20 Å². The van der Waals surface area contributed by atoms with Crippen LogP contribution in [0.5, 0.6) is 6.01 Å². The first kappa shape index (κ1) is 13.0. The lowest BCUT2D eigenvalue weighted by molar-refractivity contribution is 0.380. The largest absolute Gasteiger partial charge is 0.467 e. The number of methoxy groups -OCH3 is 1. The van der Waals surface area contributed by atoms with Gasteiger partial charge in [-0.3, -0.25) is 0 Å². The lowest BCUT2D eigenvalue weighted by Gasteiger charge is -2.09. The third-order valence-corrected chi connectivity index (χ3v) is 2.43. The van der Waals surface area contributed by atoms with Gasteiger partial charge >= 0.3 is 6.01 Å². The maximum Gasteiger partial charge on any atom is 0.318 e. The Kier molecular flexibility index (Phi) is 5.32. The second kappa shape index (κ2) is 6.53. The number of aromatic nitrogens is 2. The number of hydrogen-bond acceptors (Lipinski definition) is 4. The van der Waals surface area contributed by atoms with E-state index < -0.39 is 0 Å². The van der Waals surface area contributed by atoms with Crippen molar-refractivity contribution in [2.45, 2.75) is 26.7 Å². The summed E-state index contributed by atoms with van der Waals surface area (Å²) in [5.74, 6) is 1.36. The molecule has 0 fully saturated rings. The Bertz CT molecular complexity index is 331. The minimum Gasteiger partial charge on any atom is -0.467 e. The standard InChI is InChI=1S/C11H18ClN3O/c1-8(2)5-4-6-13-10-9(12)7-14-11(15-10)16-3/h7-8H,4-6H2,1-3H3,(H,13,14,15). The molecule has 0 bridgehead atoms. The second-order valence-corrected chi connectivity index (χ2v) is 4.42. The number of nitrogens with zero attached hydrogens (tertiary/aromatic N) is 2.